The van der Waals surface area contributed by atoms with Crippen molar-refractivity contribution in [2.45, 2.75) is 45.7 Å². The summed E-state index contributed by atoms with van der Waals surface area (Å²) < 4.78 is 1.95. The summed E-state index contributed by atoms with van der Waals surface area (Å²) in [5.74, 6) is 1.16. The Morgan fingerprint density at radius 2 is 2.18 bits per heavy atom. The summed E-state index contributed by atoms with van der Waals surface area (Å²) in [4.78, 5) is 2.60. The number of nitrogens with zero attached hydrogens (tertiary/aromatic N) is 3. The van der Waals surface area contributed by atoms with Crippen LogP contribution in [0.1, 0.15) is 37.4 Å². The zero-order valence-electron chi connectivity index (χ0n) is 11.5. The van der Waals surface area contributed by atoms with Crippen LogP contribution >= 0.6 is 0 Å². The number of rotatable bonds is 6. The van der Waals surface area contributed by atoms with Crippen LogP contribution in [0, 0.1) is 6.92 Å². The summed E-state index contributed by atoms with van der Waals surface area (Å²) in [7, 11) is 3.98. The maximum atomic E-state index is 4.50. The summed E-state index contributed by atoms with van der Waals surface area (Å²) in [5.41, 5.74) is 2.51. The molecule has 0 unspecified atom stereocenters. The average Bonchev–Trinajstić information content (AvgIpc) is 3.07. The molecule has 0 bridgehead atoms. The summed E-state index contributed by atoms with van der Waals surface area (Å²) >= 11 is 0. The monoisotopic (exact) mass is 236 g/mol. The van der Waals surface area contributed by atoms with Crippen molar-refractivity contribution in [2.24, 2.45) is 7.05 Å². The summed E-state index contributed by atoms with van der Waals surface area (Å²) in [6.45, 7) is 6.59. The number of nitrogens with one attached hydrogen (secondary N) is 1. The lowest BCUT2D eigenvalue weighted by Gasteiger charge is -2.21. The molecule has 0 radical (unpaired) electrons. The number of hydrogen-bond acceptors (Lipinski definition) is 3. The Kier molecular flexibility index (Phi) is 3.72. The fourth-order valence-electron chi connectivity index (χ4n) is 2.52. The van der Waals surface area contributed by atoms with Crippen molar-refractivity contribution in [3.63, 3.8) is 0 Å². The molecule has 96 valence electrons. The van der Waals surface area contributed by atoms with Gasteiger partial charge in [-0.25, -0.2) is 0 Å². The van der Waals surface area contributed by atoms with Gasteiger partial charge in [-0.05, 0) is 32.7 Å². The van der Waals surface area contributed by atoms with E-state index >= 15 is 0 Å². The SMILES string of the molecule is CCCN(Cc1c(C)nn(C)c1NC)C1CC1. The van der Waals surface area contributed by atoms with Crippen molar-refractivity contribution >= 4 is 5.82 Å². The molecule has 2 rings (SSSR count). The Morgan fingerprint density at radius 3 is 2.71 bits per heavy atom. The first-order valence-electron chi connectivity index (χ1n) is 6.61. The van der Waals surface area contributed by atoms with Gasteiger partial charge in [0.2, 0.25) is 0 Å². The van der Waals surface area contributed by atoms with Gasteiger partial charge in [0.05, 0.1) is 5.69 Å². The summed E-state index contributed by atoms with van der Waals surface area (Å²) in [6.07, 6.45) is 3.97. The van der Waals surface area contributed by atoms with Gasteiger partial charge < -0.3 is 5.32 Å². The summed E-state index contributed by atoms with van der Waals surface area (Å²) in [6, 6.07) is 0.819. The van der Waals surface area contributed by atoms with Crippen LogP contribution in [0.5, 0.6) is 0 Å². The van der Waals surface area contributed by atoms with Crippen molar-refractivity contribution in [2.75, 3.05) is 18.9 Å². The highest BCUT2D eigenvalue weighted by Gasteiger charge is 2.29. The molecule has 1 aliphatic rings. The van der Waals surface area contributed by atoms with Gasteiger partial charge in [-0.15, -0.1) is 0 Å². The second-order valence-corrected chi connectivity index (χ2v) is 4.99. The maximum Gasteiger partial charge on any atom is 0.128 e. The molecule has 17 heavy (non-hydrogen) atoms. The van der Waals surface area contributed by atoms with Crippen LogP contribution in [0.4, 0.5) is 5.82 Å². The van der Waals surface area contributed by atoms with Gasteiger partial charge in [-0.2, -0.15) is 5.10 Å². The quantitative estimate of drug-likeness (QED) is 0.821. The second kappa shape index (κ2) is 5.08. The first kappa shape index (κ1) is 12.4. The van der Waals surface area contributed by atoms with Crippen molar-refractivity contribution < 1.29 is 0 Å². The predicted molar refractivity (Wildman–Crippen MR) is 71.2 cm³/mol. The molecular weight excluding hydrogens is 212 g/mol. The van der Waals surface area contributed by atoms with E-state index in [1.54, 1.807) is 0 Å². The third-order valence-electron chi connectivity index (χ3n) is 3.52. The van der Waals surface area contributed by atoms with Gasteiger partial charge in [0.25, 0.3) is 0 Å². The maximum absolute atomic E-state index is 4.50. The fourth-order valence-corrected chi connectivity index (χ4v) is 2.52. The topological polar surface area (TPSA) is 33.1 Å². The molecule has 1 saturated carbocycles. The van der Waals surface area contributed by atoms with E-state index < -0.39 is 0 Å². The minimum absolute atomic E-state index is 0.819. The van der Waals surface area contributed by atoms with Crippen LogP contribution in [0.25, 0.3) is 0 Å². The van der Waals surface area contributed by atoms with Gasteiger partial charge in [0.1, 0.15) is 5.82 Å². The van der Waals surface area contributed by atoms with Crippen molar-refractivity contribution in [3.05, 3.63) is 11.3 Å². The van der Waals surface area contributed by atoms with Crippen LogP contribution in [-0.2, 0) is 13.6 Å². The van der Waals surface area contributed by atoms with Gasteiger partial charge in [0.15, 0.2) is 0 Å². The summed E-state index contributed by atoms with van der Waals surface area (Å²) in [5, 5.41) is 7.77. The smallest absolute Gasteiger partial charge is 0.128 e. The highest BCUT2D eigenvalue weighted by molar-refractivity contribution is 5.47. The Hall–Kier alpha value is -1.03. The van der Waals surface area contributed by atoms with Crippen molar-refractivity contribution in [1.82, 2.24) is 14.7 Å². The first-order valence-corrected chi connectivity index (χ1v) is 6.61. The Morgan fingerprint density at radius 1 is 1.47 bits per heavy atom. The Labute approximate surface area is 104 Å². The molecule has 4 nitrogen and oxygen atoms in total. The van der Waals surface area contributed by atoms with Crippen LogP contribution in [0.2, 0.25) is 0 Å². The molecule has 1 fully saturated rings. The van der Waals surface area contributed by atoms with Crippen molar-refractivity contribution in [3.8, 4) is 0 Å². The lowest BCUT2D eigenvalue weighted by Crippen LogP contribution is -2.26. The highest BCUT2D eigenvalue weighted by Crippen LogP contribution is 2.30. The van der Waals surface area contributed by atoms with Gasteiger partial charge in [0, 0.05) is 32.2 Å². The third kappa shape index (κ3) is 2.63. The predicted octanol–water partition coefficient (Wildman–Crippen LogP) is 2.14. The molecule has 1 aliphatic carbocycles. The lowest BCUT2D eigenvalue weighted by atomic mass is 10.2. The molecular formula is C13H24N4. The zero-order valence-corrected chi connectivity index (χ0v) is 11.5. The van der Waals surface area contributed by atoms with E-state index in [-0.39, 0.29) is 0 Å². The standard InChI is InChI=1S/C13H24N4/c1-5-8-17(11-6-7-11)9-12-10(2)15-16(4)13(12)14-3/h11,14H,5-9H2,1-4H3. The van der Waals surface area contributed by atoms with Crippen molar-refractivity contribution in [1.29, 1.82) is 0 Å². The molecule has 0 aromatic carbocycles. The number of aryl methyl sites for hydroxylation is 2. The molecule has 0 saturated heterocycles. The molecule has 1 N–H and O–H groups in total. The number of hydrogen-bond donors (Lipinski definition) is 1. The van der Waals surface area contributed by atoms with Crippen LogP contribution in [0.15, 0.2) is 0 Å². The molecule has 0 atom stereocenters. The van der Waals surface area contributed by atoms with E-state index in [0.717, 1.165) is 24.1 Å². The van der Waals surface area contributed by atoms with E-state index in [2.05, 4.69) is 29.2 Å². The minimum atomic E-state index is 0.819. The highest BCUT2D eigenvalue weighted by atomic mass is 15.3. The second-order valence-electron chi connectivity index (χ2n) is 4.99. The number of anilines is 1. The molecule has 0 amide bonds. The van der Waals surface area contributed by atoms with E-state index in [1.807, 2.05) is 18.8 Å². The Balaban J connectivity index is 2.15. The number of aromatic nitrogens is 2. The van der Waals surface area contributed by atoms with Gasteiger partial charge in [-0.3, -0.25) is 9.58 Å². The third-order valence-corrected chi connectivity index (χ3v) is 3.52. The van der Waals surface area contributed by atoms with Gasteiger partial charge in [-0.1, -0.05) is 6.92 Å². The molecule has 1 aromatic heterocycles. The van der Waals surface area contributed by atoms with E-state index in [9.17, 15) is 0 Å². The fraction of sp³-hybridized carbons (Fsp3) is 0.769. The average molecular weight is 236 g/mol. The van der Waals surface area contributed by atoms with E-state index in [0.29, 0.717) is 0 Å². The lowest BCUT2D eigenvalue weighted by molar-refractivity contribution is 0.255. The zero-order chi connectivity index (χ0) is 12.4. The Bertz CT molecular complexity index is 379. The normalized spacial score (nSPS) is 15.6. The molecule has 1 aromatic rings. The minimum Gasteiger partial charge on any atom is -0.373 e. The van der Waals surface area contributed by atoms with E-state index in [4.69, 9.17) is 0 Å². The van der Waals surface area contributed by atoms with Crippen LogP contribution < -0.4 is 5.32 Å². The largest absolute Gasteiger partial charge is 0.373 e. The molecule has 1 heterocycles. The van der Waals surface area contributed by atoms with Gasteiger partial charge >= 0.3 is 0 Å². The first-order chi connectivity index (χ1) is 8.17. The van der Waals surface area contributed by atoms with Crippen LogP contribution in [0.3, 0.4) is 0 Å². The van der Waals surface area contributed by atoms with E-state index in [1.165, 1.54) is 31.4 Å². The molecule has 0 aliphatic heterocycles. The molecule has 0 spiro atoms. The molecule has 4 heteroatoms. The van der Waals surface area contributed by atoms with Crippen LogP contribution in [-0.4, -0.2) is 34.3 Å².